The van der Waals surface area contributed by atoms with Gasteiger partial charge in [-0.05, 0) is 61.6 Å². The number of hydrogen-bond donors (Lipinski definition) is 1. The number of rotatable bonds is 9. The smallest absolute Gasteiger partial charge is 0.344 e. The van der Waals surface area contributed by atoms with Crippen molar-refractivity contribution in [3.63, 3.8) is 0 Å². The average Bonchev–Trinajstić information content (AvgIpc) is 3.17. The number of benzene rings is 2. The summed E-state index contributed by atoms with van der Waals surface area (Å²) in [6, 6.07) is 14.1. The van der Waals surface area contributed by atoms with E-state index < -0.39 is 5.97 Å². The lowest BCUT2D eigenvalue weighted by Crippen LogP contribution is -2.31. The number of ether oxygens (including phenoxy) is 2. The largest absolute Gasteiger partial charge is 0.482 e. The Bertz CT molecular complexity index is 820. The fourth-order valence-corrected chi connectivity index (χ4v) is 3.78. The Kier molecular flexibility index (Phi) is 7.37. The van der Waals surface area contributed by atoms with E-state index in [0.717, 1.165) is 23.5 Å². The van der Waals surface area contributed by atoms with E-state index in [-0.39, 0.29) is 19.1 Å². The summed E-state index contributed by atoms with van der Waals surface area (Å²) in [5.74, 6) is 0.555. The second kappa shape index (κ2) is 10.2. The van der Waals surface area contributed by atoms with E-state index in [1.165, 1.54) is 23.1 Å². The summed E-state index contributed by atoms with van der Waals surface area (Å²) < 4.78 is 10.4. The second-order valence-electron chi connectivity index (χ2n) is 6.74. The first kappa shape index (κ1) is 20.3. The van der Waals surface area contributed by atoms with Crippen molar-refractivity contribution >= 4 is 23.6 Å². The molecule has 0 bridgehead atoms. The van der Waals surface area contributed by atoms with Gasteiger partial charge in [0.1, 0.15) is 5.75 Å². The van der Waals surface area contributed by atoms with E-state index in [4.69, 9.17) is 9.47 Å². The Morgan fingerprint density at radius 3 is 2.64 bits per heavy atom. The molecule has 148 valence electrons. The van der Waals surface area contributed by atoms with Crippen LogP contribution in [-0.2, 0) is 27.2 Å². The van der Waals surface area contributed by atoms with Crippen molar-refractivity contribution in [3.8, 4) is 5.75 Å². The van der Waals surface area contributed by atoms with Gasteiger partial charge in [-0.2, -0.15) is 0 Å². The molecular weight excluding hydrogens is 374 g/mol. The molecule has 6 heteroatoms. The third kappa shape index (κ3) is 6.30. The molecule has 3 rings (SSSR count). The lowest BCUT2D eigenvalue weighted by atomic mass is 10.1. The molecule has 0 heterocycles. The summed E-state index contributed by atoms with van der Waals surface area (Å²) in [6.45, 7) is 2.07. The van der Waals surface area contributed by atoms with Crippen LogP contribution in [0.2, 0.25) is 0 Å². The predicted molar refractivity (Wildman–Crippen MR) is 110 cm³/mol. The highest BCUT2D eigenvalue weighted by atomic mass is 32.2. The molecule has 0 aliphatic heterocycles. The maximum atomic E-state index is 11.8. The number of hydrogen-bond acceptors (Lipinski definition) is 5. The molecule has 0 saturated carbocycles. The monoisotopic (exact) mass is 399 g/mol. The first-order chi connectivity index (χ1) is 13.6. The zero-order valence-corrected chi connectivity index (χ0v) is 16.8. The normalized spacial score (nSPS) is 12.3. The highest BCUT2D eigenvalue weighted by Crippen LogP contribution is 2.26. The summed E-state index contributed by atoms with van der Waals surface area (Å²) in [6.07, 6.45) is 3.33. The molecule has 1 N–H and O–H groups in total. The fourth-order valence-electron chi connectivity index (χ4n) is 3.01. The summed E-state index contributed by atoms with van der Waals surface area (Å²) >= 11 is 1.67. The van der Waals surface area contributed by atoms with Crippen LogP contribution in [0.5, 0.6) is 5.75 Å². The summed E-state index contributed by atoms with van der Waals surface area (Å²) in [7, 11) is 0. The first-order valence-corrected chi connectivity index (χ1v) is 10.4. The molecule has 0 spiro atoms. The highest BCUT2D eigenvalue weighted by Gasteiger charge is 2.13. The second-order valence-corrected chi connectivity index (χ2v) is 7.91. The minimum absolute atomic E-state index is 0.199. The lowest BCUT2D eigenvalue weighted by molar-refractivity contribution is -0.150. The van der Waals surface area contributed by atoms with Crippen LogP contribution in [0, 0.1) is 6.92 Å². The molecule has 0 saturated heterocycles. The molecule has 2 aromatic rings. The van der Waals surface area contributed by atoms with Crippen molar-refractivity contribution in [2.45, 2.75) is 31.1 Å². The molecular formula is C22H25NO4S. The molecule has 0 fully saturated rings. The fraction of sp³-hybridized carbons (Fsp3) is 0.364. The number of esters is 1. The van der Waals surface area contributed by atoms with Crippen LogP contribution in [-0.4, -0.2) is 37.4 Å². The van der Waals surface area contributed by atoms with Crippen LogP contribution in [0.1, 0.15) is 23.1 Å². The van der Waals surface area contributed by atoms with Gasteiger partial charge in [0, 0.05) is 17.2 Å². The number of thioether (sulfide) groups is 1. The maximum Gasteiger partial charge on any atom is 0.344 e. The van der Waals surface area contributed by atoms with E-state index >= 15 is 0 Å². The first-order valence-electron chi connectivity index (χ1n) is 9.46. The molecule has 28 heavy (non-hydrogen) atoms. The van der Waals surface area contributed by atoms with E-state index in [9.17, 15) is 9.59 Å². The molecule has 0 aromatic heterocycles. The third-order valence-corrected chi connectivity index (χ3v) is 5.52. The Labute approximate surface area is 169 Å². The molecule has 1 aliphatic carbocycles. The van der Waals surface area contributed by atoms with E-state index in [1.54, 1.807) is 11.8 Å². The predicted octanol–water partition coefficient (Wildman–Crippen LogP) is 3.31. The number of amides is 1. The van der Waals surface area contributed by atoms with Crippen molar-refractivity contribution in [1.29, 1.82) is 0 Å². The number of nitrogens with one attached hydrogen (secondary N) is 1. The van der Waals surface area contributed by atoms with Gasteiger partial charge in [-0.15, -0.1) is 11.8 Å². The number of carbonyl (C=O) groups excluding carboxylic acids is 2. The van der Waals surface area contributed by atoms with Crippen LogP contribution < -0.4 is 10.1 Å². The van der Waals surface area contributed by atoms with Crippen molar-refractivity contribution in [3.05, 3.63) is 59.2 Å². The zero-order valence-electron chi connectivity index (χ0n) is 16.0. The average molecular weight is 400 g/mol. The third-order valence-electron chi connectivity index (χ3n) is 4.50. The minimum atomic E-state index is -0.551. The number of fused-ring (bicyclic) bond motifs is 1. The van der Waals surface area contributed by atoms with E-state index in [0.29, 0.717) is 12.3 Å². The Morgan fingerprint density at radius 2 is 1.82 bits per heavy atom. The summed E-state index contributed by atoms with van der Waals surface area (Å²) in [5, 5.41) is 2.74. The maximum absolute atomic E-state index is 11.8. The van der Waals surface area contributed by atoms with Gasteiger partial charge >= 0.3 is 5.97 Å². The topological polar surface area (TPSA) is 64.6 Å². The zero-order chi connectivity index (χ0) is 19.8. The van der Waals surface area contributed by atoms with Gasteiger partial charge in [-0.3, -0.25) is 4.79 Å². The van der Waals surface area contributed by atoms with Gasteiger partial charge in [0.2, 0.25) is 0 Å². The Hall–Kier alpha value is -2.47. The lowest BCUT2D eigenvalue weighted by Gasteiger charge is -2.09. The van der Waals surface area contributed by atoms with E-state index in [1.807, 2.05) is 25.1 Å². The Morgan fingerprint density at radius 1 is 1.04 bits per heavy atom. The van der Waals surface area contributed by atoms with Crippen LogP contribution >= 0.6 is 11.8 Å². The number of aryl methyl sites for hydroxylation is 3. The molecule has 2 aromatic carbocycles. The SMILES string of the molecule is Cc1ccc(SCCNC(=O)COC(=O)COc2ccc3c(c2)CCC3)cc1. The minimum Gasteiger partial charge on any atom is -0.482 e. The van der Waals surface area contributed by atoms with Gasteiger partial charge in [0.25, 0.3) is 5.91 Å². The van der Waals surface area contributed by atoms with Crippen LogP contribution in [0.3, 0.4) is 0 Å². The van der Waals surface area contributed by atoms with Crippen LogP contribution in [0.15, 0.2) is 47.4 Å². The molecule has 5 nitrogen and oxygen atoms in total. The summed E-state index contributed by atoms with van der Waals surface area (Å²) in [4.78, 5) is 24.7. The van der Waals surface area contributed by atoms with Gasteiger partial charge < -0.3 is 14.8 Å². The standard InChI is InChI=1S/C22H25NO4S/c1-16-5-9-20(10-6-16)28-12-11-23-21(24)14-27-22(25)15-26-19-8-7-17-3-2-4-18(17)13-19/h5-10,13H,2-4,11-12,14-15H2,1H3,(H,23,24). The quantitative estimate of drug-likeness (QED) is 0.398. The Balaban J connectivity index is 1.27. The van der Waals surface area contributed by atoms with Gasteiger partial charge in [-0.1, -0.05) is 23.8 Å². The van der Waals surface area contributed by atoms with Crippen molar-refractivity contribution in [1.82, 2.24) is 5.32 Å². The highest BCUT2D eigenvalue weighted by molar-refractivity contribution is 7.99. The van der Waals surface area contributed by atoms with Crippen molar-refractivity contribution in [2.75, 3.05) is 25.5 Å². The van der Waals surface area contributed by atoms with Gasteiger partial charge in [0.15, 0.2) is 13.2 Å². The van der Waals surface area contributed by atoms with Gasteiger partial charge in [0.05, 0.1) is 0 Å². The molecule has 1 aliphatic rings. The van der Waals surface area contributed by atoms with E-state index in [2.05, 4.69) is 29.6 Å². The summed E-state index contributed by atoms with van der Waals surface area (Å²) in [5.41, 5.74) is 3.86. The van der Waals surface area contributed by atoms with Crippen molar-refractivity contribution < 1.29 is 19.1 Å². The molecule has 0 atom stereocenters. The number of carbonyl (C=O) groups is 2. The molecule has 1 amide bonds. The van der Waals surface area contributed by atoms with Gasteiger partial charge in [-0.25, -0.2) is 4.79 Å². The van der Waals surface area contributed by atoms with Crippen LogP contribution in [0.4, 0.5) is 0 Å². The molecule has 0 radical (unpaired) electrons. The van der Waals surface area contributed by atoms with Crippen molar-refractivity contribution in [2.24, 2.45) is 0 Å². The van der Waals surface area contributed by atoms with Crippen LogP contribution in [0.25, 0.3) is 0 Å². The molecule has 0 unspecified atom stereocenters.